The molecule has 2 aromatic carbocycles. The lowest BCUT2D eigenvalue weighted by Gasteiger charge is -2.19. The first-order valence-corrected chi connectivity index (χ1v) is 12.5. The molecule has 3 heterocycles. The molecule has 0 spiro atoms. The number of hydrogen-bond donors (Lipinski definition) is 2. The van der Waals surface area contributed by atoms with E-state index in [9.17, 15) is 18.0 Å². The van der Waals surface area contributed by atoms with Crippen molar-refractivity contribution in [3.63, 3.8) is 0 Å². The van der Waals surface area contributed by atoms with Crippen LogP contribution >= 0.6 is 0 Å². The predicted octanol–water partition coefficient (Wildman–Crippen LogP) is 4.98. The van der Waals surface area contributed by atoms with E-state index in [1.165, 1.54) is 12.4 Å². The van der Waals surface area contributed by atoms with Crippen molar-refractivity contribution in [1.29, 1.82) is 0 Å². The van der Waals surface area contributed by atoms with Gasteiger partial charge >= 0.3 is 6.18 Å². The molecule has 2 N–H and O–H groups in total. The summed E-state index contributed by atoms with van der Waals surface area (Å²) in [6, 6.07) is 8.26. The summed E-state index contributed by atoms with van der Waals surface area (Å²) in [4.78, 5) is 32.8. The number of amides is 1. The van der Waals surface area contributed by atoms with Gasteiger partial charge in [0.05, 0.1) is 25.5 Å². The monoisotopic (exact) mass is 553 g/mol. The quantitative estimate of drug-likeness (QED) is 0.341. The molecule has 10 nitrogen and oxygen atoms in total. The predicted molar refractivity (Wildman–Crippen MR) is 143 cm³/mol. The fourth-order valence-corrected chi connectivity index (χ4v) is 4.27. The first-order chi connectivity index (χ1) is 19.2. The van der Waals surface area contributed by atoms with Crippen LogP contribution in [-0.2, 0) is 10.9 Å². The number of carbonyl (C=O) groups is 1. The molecule has 1 fully saturated rings. The molecule has 1 saturated heterocycles. The number of fused-ring (bicyclic) bond motifs is 1. The number of methoxy groups -OCH3 is 1. The molecule has 1 aliphatic heterocycles. The zero-order valence-electron chi connectivity index (χ0n) is 21.7. The number of aromatic nitrogens is 4. The van der Waals surface area contributed by atoms with Crippen LogP contribution in [0.1, 0.15) is 27.9 Å². The number of nitrogens with zero attached hydrogens (tertiary/aromatic N) is 5. The fourth-order valence-electron chi connectivity index (χ4n) is 4.27. The molecule has 0 unspecified atom stereocenters. The van der Waals surface area contributed by atoms with Crippen molar-refractivity contribution in [3.8, 4) is 5.75 Å². The van der Waals surface area contributed by atoms with Gasteiger partial charge in [-0.05, 0) is 49.2 Å². The van der Waals surface area contributed by atoms with Crippen molar-refractivity contribution in [2.24, 2.45) is 0 Å². The average Bonchev–Trinajstić information content (AvgIpc) is 3.23. The van der Waals surface area contributed by atoms with Crippen LogP contribution in [0.25, 0.3) is 11.0 Å². The van der Waals surface area contributed by atoms with Crippen molar-refractivity contribution in [1.82, 2.24) is 19.9 Å². The van der Waals surface area contributed by atoms with E-state index in [-0.39, 0.29) is 17.0 Å². The molecule has 5 rings (SSSR count). The van der Waals surface area contributed by atoms with Crippen LogP contribution in [-0.4, -0.2) is 59.3 Å². The molecule has 2 aromatic heterocycles. The van der Waals surface area contributed by atoms with Gasteiger partial charge in [0.25, 0.3) is 5.91 Å². The molecule has 0 aliphatic carbocycles. The Morgan fingerprint density at radius 1 is 1.07 bits per heavy atom. The van der Waals surface area contributed by atoms with Crippen molar-refractivity contribution in [3.05, 3.63) is 65.6 Å². The number of rotatable bonds is 6. The molecular formula is C27H26F3N7O3. The van der Waals surface area contributed by atoms with Crippen molar-refractivity contribution in [2.45, 2.75) is 19.5 Å². The van der Waals surface area contributed by atoms with Gasteiger partial charge in [0.2, 0.25) is 5.95 Å². The topological polar surface area (TPSA) is 114 Å². The lowest BCUT2D eigenvalue weighted by atomic mass is 10.1. The average molecular weight is 554 g/mol. The lowest BCUT2D eigenvalue weighted by molar-refractivity contribution is -0.138. The summed E-state index contributed by atoms with van der Waals surface area (Å²) in [6.07, 6.45) is -0.754. The third-order valence-electron chi connectivity index (χ3n) is 6.39. The summed E-state index contributed by atoms with van der Waals surface area (Å²) in [5.41, 5.74) is 1.66. The van der Waals surface area contributed by atoms with E-state index in [2.05, 4.69) is 25.6 Å². The summed E-state index contributed by atoms with van der Waals surface area (Å²) >= 11 is 0. The van der Waals surface area contributed by atoms with Crippen LogP contribution in [0.5, 0.6) is 5.75 Å². The summed E-state index contributed by atoms with van der Waals surface area (Å²) in [6.45, 7) is 4.54. The Labute approximate surface area is 227 Å². The molecular weight excluding hydrogens is 527 g/mol. The highest BCUT2D eigenvalue weighted by atomic mass is 19.4. The zero-order chi connectivity index (χ0) is 28.3. The summed E-state index contributed by atoms with van der Waals surface area (Å²) in [5, 5.41) is 5.76. The van der Waals surface area contributed by atoms with Crippen LogP contribution in [0, 0.1) is 6.92 Å². The number of carbonyl (C=O) groups excluding carboxylic acids is 1. The van der Waals surface area contributed by atoms with Crippen LogP contribution in [0.2, 0.25) is 0 Å². The number of hydrogen-bond acceptors (Lipinski definition) is 9. The van der Waals surface area contributed by atoms with Crippen LogP contribution < -0.4 is 20.3 Å². The van der Waals surface area contributed by atoms with Gasteiger partial charge in [-0.1, -0.05) is 6.07 Å². The van der Waals surface area contributed by atoms with Crippen molar-refractivity contribution < 1.29 is 27.4 Å². The van der Waals surface area contributed by atoms with Crippen LogP contribution in [0.4, 0.5) is 36.3 Å². The SMILES string of the molecule is COc1ccc(NC(=O)c2ccc(C)c(Nc3ncnc4cnc(N5CCCOCC5)nc34)c2)cc1C(F)(F)F. The highest BCUT2D eigenvalue weighted by Gasteiger charge is 2.34. The Morgan fingerprint density at radius 2 is 1.93 bits per heavy atom. The van der Waals surface area contributed by atoms with Gasteiger partial charge in [-0.2, -0.15) is 13.2 Å². The molecule has 0 bridgehead atoms. The van der Waals surface area contributed by atoms with Gasteiger partial charge < -0.3 is 25.0 Å². The van der Waals surface area contributed by atoms with E-state index in [4.69, 9.17) is 14.5 Å². The maximum atomic E-state index is 13.4. The number of benzene rings is 2. The second-order valence-corrected chi connectivity index (χ2v) is 9.10. The van der Waals surface area contributed by atoms with Gasteiger partial charge in [-0.3, -0.25) is 4.79 Å². The molecule has 0 radical (unpaired) electrons. The van der Waals surface area contributed by atoms with E-state index < -0.39 is 17.6 Å². The van der Waals surface area contributed by atoms with E-state index in [1.54, 1.807) is 24.4 Å². The largest absolute Gasteiger partial charge is 0.496 e. The standard InChI is InChI=1S/C27H26F3N7O3/c1-16-4-5-17(25(38)34-18-6-7-22(39-2)19(13-18)27(28,29)30)12-20(16)35-24-23-21(32-15-33-24)14-31-26(36-23)37-8-3-10-40-11-9-37/h4-7,12-15H,3,8-11H2,1-2H3,(H,34,38)(H,32,33,35). The van der Waals surface area contributed by atoms with Crippen molar-refractivity contribution in [2.75, 3.05) is 48.9 Å². The lowest BCUT2D eigenvalue weighted by Crippen LogP contribution is -2.27. The molecule has 1 amide bonds. The van der Waals surface area contributed by atoms with Gasteiger partial charge in [-0.15, -0.1) is 0 Å². The molecule has 4 aromatic rings. The normalized spacial score (nSPS) is 14.1. The number of ether oxygens (including phenoxy) is 2. The van der Waals surface area contributed by atoms with E-state index >= 15 is 0 Å². The maximum absolute atomic E-state index is 13.4. The van der Waals surface area contributed by atoms with Crippen molar-refractivity contribution >= 4 is 40.1 Å². The minimum Gasteiger partial charge on any atom is -0.496 e. The maximum Gasteiger partial charge on any atom is 0.420 e. The third kappa shape index (κ3) is 5.88. The molecule has 208 valence electrons. The summed E-state index contributed by atoms with van der Waals surface area (Å²) < 4.78 is 50.6. The minimum atomic E-state index is -4.64. The highest BCUT2D eigenvalue weighted by molar-refractivity contribution is 6.05. The van der Waals surface area contributed by atoms with E-state index in [0.29, 0.717) is 48.2 Å². The Hall–Kier alpha value is -4.52. The smallest absolute Gasteiger partial charge is 0.420 e. The van der Waals surface area contributed by atoms with Crippen LogP contribution in [0.3, 0.4) is 0 Å². The molecule has 0 saturated carbocycles. The number of nitrogens with one attached hydrogen (secondary N) is 2. The van der Waals surface area contributed by atoms with Gasteiger partial charge in [0, 0.05) is 36.6 Å². The molecule has 1 aliphatic rings. The van der Waals surface area contributed by atoms with E-state index in [0.717, 1.165) is 37.8 Å². The second kappa shape index (κ2) is 11.3. The van der Waals surface area contributed by atoms with Gasteiger partial charge in [-0.25, -0.2) is 19.9 Å². The van der Waals surface area contributed by atoms with Gasteiger partial charge in [0.15, 0.2) is 5.82 Å². The third-order valence-corrected chi connectivity index (χ3v) is 6.39. The van der Waals surface area contributed by atoms with Gasteiger partial charge in [0.1, 0.15) is 23.1 Å². The summed E-state index contributed by atoms with van der Waals surface area (Å²) in [5.74, 6) is 0.0474. The number of aryl methyl sites for hydroxylation is 1. The molecule has 13 heteroatoms. The fraction of sp³-hybridized carbons (Fsp3) is 0.296. The summed E-state index contributed by atoms with van der Waals surface area (Å²) in [7, 11) is 1.15. The molecule has 0 atom stereocenters. The Bertz CT molecular complexity index is 1540. The van der Waals surface area contributed by atoms with E-state index in [1.807, 2.05) is 11.8 Å². The highest BCUT2D eigenvalue weighted by Crippen LogP contribution is 2.38. The second-order valence-electron chi connectivity index (χ2n) is 9.10. The number of halogens is 3. The minimum absolute atomic E-state index is 0.0156. The first-order valence-electron chi connectivity index (χ1n) is 12.5. The van der Waals surface area contributed by atoms with Crippen LogP contribution in [0.15, 0.2) is 48.9 Å². The Morgan fingerprint density at radius 3 is 2.73 bits per heavy atom. The first kappa shape index (κ1) is 27.1. The number of anilines is 4. The number of alkyl halides is 3. The molecule has 40 heavy (non-hydrogen) atoms. The zero-order valence-corrected chi connectivity index (χ0v) is 21.7. The Kier molecular flexibility index (Phi) is 7.65. The Balaban J connectivity index is 1.41.